The van der Waals surface area contributed by atoms with Crippen molar-refractivity contribution in [1.29, 1.82) is 0 Å². The lowest BCUT2D eigenvalue weighted by Gasteiger charge is -2.42. The van der Waals surface area contributed by atoms with Gasteiger partial charge in [-0.2, -0.15) is 0 Å². The van der Waals surface area contributed by atoms with Crippen molar-refractivity contribution in [2.75, 3.05) is 39.5 Å². The molecule has 0 N–H and O–H groups in total. The molecule has 2 aliphatic rings. The van der Waals surface area contributed by atoms with Crippen LogP contribution in [0.1, 0.15) is 13.3 Å². The zero-order valence-corrected chi connectivity index (χ0v) is 13.0. The van der Waals surface area contributed by atoms with Gasteiger partial charge in [-0.15, -0.1) is 0 Å². The Kier molecular flexibility index (Phi) is 4.83. The van der Waals surface area contributed by atoms with Gasteiger partial charge in [0.25, 0.3) is 5.91 Å². The molecule has 1 atom stereocenters. The monoisotopic (exact) mass is 305 g/mol. The second-order valence-electron chi connectivity index (χ2n) is 5.85. The first-order valence-corrected chi connectivity index (χ1v) is 7.98. The molecule has 0 saturated carbocycles. The number of carbonyl (C=O) groups is 1. The van der Waals surface area contributed by atoms with Crippen molar-refractivity contribution in [3.63, 3.8) is 0 Å². The first kappa shape index (κ1) is 15.2. The van der Waals surface area contributed by atoms with Crippen LogP contribution in [-0.4, -0.2) is 50.3 Å². The van der Waals surface area contributed by atoms with E-state index in [0.717, 1.165) is 32.7 Å². The molecule has 0 spiro atoms. The molecule has 3 rings (SSSR count). The van der Waals surface area contributed by atoms with Gasteiger partial charge in [-0.25, -0.2) is 0 Å². The van der Waals surface area contributed by atoms with E-state index in [1.807, 2.05) is 36.1 Å². The number of ether oxygens (including phenoxy) is 3. The number of likely N-dealkylation sites (tertiary alicyclic amines) is 1. The molecular formula is C17H23NO4. The van der Waals surface area contributed by atoms with Crippen molar-refractivity contribution in [3.05, 3.63) is 24.3 Å². The summed E-state index contributed by atoms with van der Waals surface area (Å²) in [5.41, 5.74) is 0. The van der Waals surface area contributed by atoms with Crippen LogP contribution >= 0.6 is 0 Å². The maximum absolute atomic E-state index is 12.2. The predicted molar refractivity (Wildman–Crippen MR) is 82.1 cm³/mol. The molecule has 2 fully saturated rings. The summed E-state index contributed by atoms with van der Waals surface area (Å²) in [5.74, 6) is 2.58. The SMILES string of the molecule is CCOc1ccccc1OCC(=O)N1CC(C2CCOC2)C1. The third kappa shape index (κ3) is 3.35. The topological polar surface area (TPSA) is 48.0 Å². The van der Waals surface area contributed by atoms with E-state index in [1.54, 1.807) is 0 Å². The average molecular weight is 305 g/mol. The number of carbonyl (C=O) groups excluding carboxylic acids is 1. The Morgan fingerprint density at radius 2 is 1.95 bits per heavy atom. The highest BCUT2D eigenvalue weighted by molar-refractivity contribution is 5.78. The number of para-hydroxylation sites is 2. The normalized spacial score (nSPS) is 21.5. The lowest BCUT2D eigenvalue weighted by atomic mass is 9.85. The largest absolute Gasteiger partial charge is 0.490 e. The van der Waals surface area contributed by atoms with Gasteiger partial charge in [0.2, 0.25) is 0 Å². The minimum atomic E-state index is 0.0430. The zero-order chi connectivity index (χ0) is 15.4. The highest BCUT2D eigenvalue weighted by Gasteiger charge is 2.37. The van der Waals surface area contributed by atoms with Crippen molar-refractivity contribution < 1.29 is 19.0 Å². The highest BCUT2D eigenvalue weighted by atomic mass is 16.5. The molecule has 0 radical (unpaired) electrons. The Morgan fingerprint density at radius 1 is 1.23 bits per heavy atom. The summed E-state index contributed by atoms with van der Waals surface area (Å²) in [7, 11) is 0. The van der Waals surface area contributed by atoms with E-state index < -0.39 is 0 Å². The van der Waals surface area contributed by atoms with E-state index >= 15 is 0 Å². The molecule has 5 heteroatoms. The van der Waals surface area contributed by atoms with Crippen LogP contribution < -0.4 is 9.47 Å². The predicted octanol–water partition coefficient (Wildman–Crippen LogP) is 1.96. The third-order valence-corrected chi connectivity index (χ3v) is 4.39. The fourth-order valence-electron chi connectivity index (χ4n) is 3.01. The molecule has 1 aromatic rings. The number of amides is 1. The zero-order valence-electron chi connectivity index (χ0n) is 13.0. The van der Waals surface area contributed by atoms with Crippen molar-refractivity contribution >= 4 is 5.91 Å². The Balaban J connectivity index is 1.45. The minimum absolute atomic E-state index is 0.0430. The quantitative estimate of drug-likeness (QED) is 0.806. The van der Waals surface area contributed by atoms with E-state index in [2.05, 4.69) is 0 Å². The van der Waals surface area contributed by atoms with Gasteiger partial charge in [-0.1, -0.05) is 12.1 Å². The van der Waals surface area contributed by atoms with E-state index in [4.69, 9.17) is 14.2 Å². The second-order valence-corrected chi connectivity index (χ2v) is 5.85. The molecule has 1 unspecified atom stereocenters. The Bertz CT molecular complexity index is 507. The summed E-state index contributed by atoms with van der Waals surface area (Å²) < 4.78 is 16.5. The number of rotatable bonds is 6. The number of hydrogen-bond donors (Lipinski definition) is 0. The van der Waals surface area contributed by atoms with Crippen LogP contribution in [-0.2, 0) is 9.53 Å². The number of nitrogens with zero attached hydrogens (tertiary/aromatic N) is 1. The molecule has 2 heterocycles. The van der Waals surface area contributed by atoms with Crippen LogP contribution in [0.2, 0.25) is 0 Å². The highest BCUT2D eigenvalue weighted by Crippen LogP contribution is 2.30. The van der Waals surface area contributed by atoms with Crippen LogP contribution in [0.15, 0.2) is 24.3 Å². The molecule has 5 nitrogen and oxygen atoms in total. The van der Waals surface area contributed by atoms with E-state index in [9.17, 15) is 4.79 Å². The summed E-state index contributed by atoms with van der Waals surface area (Å²) in [6.45, 7) is 5.96. The van der Waals surface area contributed by atoms with E-state index in [0.29, 0.717) is 29.9 Å². The maximum atomic E-state index is 12.2. The van der Waals surface area contributed by atoms with Crippen LogP contribution in [0.4, 0.5) is 0 Å². The molecule has 2 saturated heterocycles. The fourth-order valence-corrected chi connectivity index (χ4v) is 3.01. The maximum Gasteiger partial charge on any atom is 0.260 e. The Morgan fingerprint density at radius 3 is 2.59 bits per heavy atom. The third-order valence-electron chi connectivity index (χ3n) is 4.39. The molecule has 0 aromatic heterocycles. The lowest BCUT2D eigenvalue weighted by Crippen LogP contribution is -2.54. The van der Waals surface area contributed by atoms with Crippen LogP contribution in [0.5, 0.6) is 11.5 Å². The van der Waals surface area contributed by atoms with Crippen molar-refractivity contribution in [2.45, 2.75) is 13.3 Å². The lowest BCUT2D eigenvalue weighted by molar-refractivity contribution is -0.141. The summed E-state index contributed by atoms with van der Waals surface area (Å²) in [6.07, 6.45) is 1.13. The average Bonchev–Trinajstić information content (AvgIpc) is 2.99. The molecular weight excluding hydrogens is 282 g/mol. The van der Waals surface area contributed by atoms with Gasteiger partial charge in [-0.3, -0.25) is 4.79 Å². The fraction of sp³-hybridized carbons (Fsp3) is 0.588. The standard InChI is InChI=1S/C17H23NO4/c1-2-21-15-5-3-4-6-16(15)22-12-17(19)18-9-14(10-18)13-7-8-20-11-13/h3-6,13-14H,2,7-12H2,1H3. The van der Waals surface area contributed by atoms with Crippen molar-refractivity contribution in [1.82, 2.24) is 4.90 Å². The van der Waals surface area contributed by atoms with Gasteiger partial charge < -0.3 is 19.1 Å². The molecule has 1 aromatic carbocycles. The van der Waals surface area contributed by atoms with Crippen molar-refractivity contribution in [3.8, 4) is 11.5 Å². The van der Waals surface area contributed by atoms with Crippen LogP contribution in [0, 0.1) is 11.8 Å². The smallest absolute Gasteiger partial charge is 0.260 e. The van der Waals surface area contributed by atoms with E-state index in [-0.39, 0.29) is 12.5 Å². The van der Waals surface area contributed by atoms with Gasteiger partial charge >= 0.3 is 0 Å². The first-order valence-electron chi connectivity index (χ1n) is 7.98. The summed E-state index contributed by atoms with van der Waals surface area (Å²) in [5, 5.41) is 0. The first-order chi connectivity index (χ1) is 10.8. The molecule has 1 amide bonds. The summed E-state index contributed by atoms with van der Waals surface area (Å²) in [4.78, 5) is 14.0. The Hall–Kier alpha value is -1.75. The Labute approximate surface area is 131 Å². The second kappa shape index (κ2) is 7.01. The molecule has 120 valence electrons. The summed E-state index contributed by atoms with van der Waals surface area (Å²) >= 11 is 0. The van der Waals surface area contributed by atoms with Gasteiger partial charge in [0.1, 0.15) is 0 Å². The van der Waals surface area contributed by atoms with Crippen LogP contribution in [0.25, 0.3) is 0 Å². The van der Waals surface area contributed by atoms with E-state index in [1.165, 1.54) is 0 Å². The number of benzene rings is 1. The summed E-state index contributed by atoms with van der Waals surface area (Å²) in [6, 6.07) is 7.45. The van der Waals surface area contributed by atoms with Gasteiger partial charge in [0.05, 0.1) is 6.61 Å². The van der Waals surface area contributed by atoms with Gasteiger partial charge in [0.15, 0.2) is 18.1 Å². The van der Waals surface area contributed by atoms with Gasteiger partial charge in [-0.05, 0) is 37.3 Å². The van der Waals surface area contributed by atoms with Crippen LogP contribution in [0.3, 0.4) is 0 Å². The molecule has 0 aliphatic carbocycles. The molecule has 22 heavy (non-hydrogen) atoms. The molecule has 0 bridgehead atoms. The number of hydrogen-bond acceptors (Lipinski definition) is 4. The van der Waals surface area contributed by atoms with Gasteiger partial charge in [0, 0.05) is 26.3 Å². The molecule has 2 aliphatic heterocycles. The van der Waals surface area contributed by atoms with Crippen molar-refractivity contribution in [2.24, 2.45) is 11.8 Å². The minimum Gasteiger partial charge on any atom is -0.490 e.